The molecule has 0 N–H and O–H groups in total. The van der Waals surface area contributed by atoms with E-state index >= 15 is 0 Å². The molecule has 0 saturated carbocycles. The van der Waals surface area contributed by atoms with Crippen molar-refractivity contribution in [2.75, 3.05) is 0 Å². The van der Waals surface area contributed by atoms with Crippen LogP contribution in [0, 0.1) is 0 Å². The molecule has 0 radical (unpaired) electrons. The number of rotatable bonds is 3. The number of hydrogen-bond acceptors (Lipinski definition) is 5. The van der Waals surface area contributed by atoms with Gasteiger partial charge in [-0.1, -0.05) is 6.07 Å². The van der Waals surface area contributed by atoms with Gasteiger partial charge in [0.2, 0.25) is 0 Å². The second-order valence-electron chi connectivity index (χ2n) is 4.04. The van der Waals surface area contributed by atoms with Gasteiger partial charge >= 0.3 is 12.3 Å². The molecule has 1 saturated heterocycles. The average Bonchev–Trinajstić information content (AvgIpc) is 2.69. The van der Waals surface area contributed by atoms with E-state index in [4.69, 9.17) is 0 Å². The van der Waals surface area contributed by atoms with Crippen LogP contribution in [0.2, 0.25) is 0 Å². The number of alkyl halides is 3. The molecule has 1 aromatic rings. The van der Waals surface area contributed by atoms with Gasteiger partial charge in [0, 0.05) is 12.8 Å². The van der Waals surface area contributed by atoms with Crippen LogP contribution in [0.3, 0.4) is 0 Å². The van der Waals surface area contributed by atoms with Crippen LogP contribution in [0.5, 0.6) is 5.75 Å². The Kier molecular flexibility index (Phi) is 3.83. The van der Waals surface area contributed by atoms with Gasteiger partial charge in [-0.05, 0) is 18.2 Å². The molecule has 9 heteroatoms. The molecule has 0 atom stereocenters. The summed E-state index contributed by atoms with van der Waals surface area (Å²) in [7, 11) is 0. The van der Waals surface area contributed by atoms with Crippen LogP contribution in [0.1, 0.15) is 23.2 Å². The smallest absolute Gasteiger partial charge is 0.406 e. The van der Waals surface area contributed by atoms with Gasteiger partial charge in [0.1, 0.15) is 5.75 Å². The fraction of sp³-hybridized carbons (Fsp3) is 0.250. The second-order valence-corrected chi connectivity index (χ2v) is 4.04. The zero-order chi connectivity index (χ0) is 15.6. The number of ether oxygens (including phenoxy) is 1. The van der Waals surface area contributed by atoms with Crippen LogP contribution in [0.4, 0.5) is 13.2 Å². The lowest BCUT2D eigenvalue weighted by Crippen LogP contribution is -2.32. The monoisotopic (exact) mass is 303 g/mol. The zero-order valence-corrected chi connectivity index (χ0v) is 10.3. The highest BCUT2D eigenvalue weighted by molar-refractivity contribution is 6.02. The Morgan fingerprint density at radius 3 is 2.33 bits per heavy atom. The van der Waals surface area contributed by atoms with E-state index in [1.165, 1.54) is 0 Å². The highest BCUT2D eigenvalue weighted by atomic mass is 19.4. The maximum absolute atomic E-state index is 12.1. The molecule has 0 unspecified atom stereocenters. The first-order chi connectivity index (χ1) is 9.76. The van der Waals surface area contributed by atoms with Crippen molar-refractivity contribution < 1.29 is 37.1 Å². The largest absolute Gasteiger partial charge is 0.573 e. The Bertz CT molecular complexity index is 583. The molecule has 112 valence electrons. The van der Waals surface area contributed by atoms with E-state index in [0.29, 0.717) is 5.06 Å². The summed E-state index contributed by atoms with van der Waals surface area (Å²) in [6, 6.07) is 4.10. The normalized spacial score (nSPS) is 15.3. The molecule has 1 aliphatic heterocycles. The van der Waals surface area contributed by atoms with Crippen LogP contribution in [0.15, 0.2) is 24.3 Å². The fourth-order valence-electron chi connectivity index (χ4n) is 1.61. The van der Waals surface area contributed by atoms with Crippen LogP contribution < -0.4 is 4.74 Å². The number of carbonyl (C=O) groups is 3. The zero-order valence-electron chi connectivity index (χ0n) is 10.3. The van der Waals surface area contributed by atoms with Crippen molar-refractivity contribution in [2.24, 2.45) is 0 Å². The molecule has 0 aliphatic carbocycles. The van der Waals surface area contributed by atoms with Gasteiger partial charge in [0.25, 0.3) is 11.8 Å². The quantitative estimate of drug-likeness (QED) is 0.796. The Labute approximate surface area is 116 Å². The van der Waals surface area contributed by atoms with Gasteiger partial charge in [0.15, 0.2) is 0 Å². The molecular weight excluding hydrogens is 295 g/mol. The summed E-state index contributed by atoms with van der Waals surface area (Å²) in [5, 5.41) is 0.305. The van der Waals surface area contributed by atoms with Crippen molar-refractivity contribution in [3.8, 4) is 5.75 Å². The van der Waals surface area contributed by atoms with E-state index in [1.54, 1.807) is 0 Å². The van der Waals surface area contributed by atoms with Gasteiger partial charge in [0.05, 0.1) is 5.56 Å². The number of benzene rings is 1. The van der Waals surface area contributed by atoms with E-state index < -0.39 is 29.9 Å². The molecule has 1 fully saturated rings. The number of imide groups is 1. The maximum Gasteiger partial charge on any atom is 0.573 e. The molecule has 2 amide bonds. The number of hydrogen-bond donors (Lipinski definition) is 0. The van der Waals surface area contributed by atoms with Gasteiger partial charge < -0.3 is 9.57 Å². The van der Waals surface area contributed by atoms with Crippen molar-refractivity contribution in [3.63, 3.8) is 0 Å². The van der Waals surface area contributed by atoms with Crippen LogP contribution in [-0.2, 0) is 14.4 Å². The third kappa shape index (κ3) is 3.71. The number of amides is 2. The number of carbonyl (C=O) groups excluding carboxylic acids is 3. The van der Waals surface area contributed by atoms with Gasteiger partial charge in [-0.2, -0.15) is 0 Å². The Hall–Kier alpha value is -2.58. The van der Waals surface area contributed by atoms with E-state index in [1.807, 2.05) is 0 Å². The molecular formula is C12H8F3NO5. The molecule has 0 bridgehead atoms. The molecule has 21 heavy (non-hydrogen) atoms. The summed E-state index contributed by atoms with van der Waals surface area (Å²) in [6.07, 6.45) is -5.06. The molecule has 1 aromatic carbocycles. The Balaban J connectivity index is 2.11. The molecule has 1 aliphatic rings. The predicted molar refractivity (Wildman–Crippen MR) is 59.6 cm³/mol. The van der Waals surface area contributed by atoms with Crippen LogP contribution in [0.25, 0.3) is 0 Å². The fourth-order valence-corrected chi connectivity index (χ4v) is 1.61. The summed E-state index contributed by atoms with van der Waals surface area (Å²) in [5.41, 5.74) is -0.288. The van der Waals surface area contributed by atoms with E-state index in [0.717, 1.165) is 24.3 Å². The lowest BCUT2D eigenvalue weighted by Gasteiger charge is -2.13. The molecule has 2 rings (SSSR count). The van der Waals surface area contributed by atoms with Gasteiger partial charge in [-0.25, -0.2) is 4.79 Å². The first-order valence-electron chi connectivity index (χ1n) is 5.70. The highest BCUT2D eigenvalue weighted by Crippen LogP contribution is 2.24. The van der Waals surface area contributed by atoms with Crippen LogP contribution in [-0.4, -0.2) is 29.2 Å². The predicted octanol–water partition coefficient (Wildman–Crippen LogP) is 1.81. The van der Waals surface area contributed by atoms with Crippen LogP contribution >= 0.6 is 0 Å². The molecule has 0 spiro atoms. The summed E-state index contributed by atoms with van der Waals surface area (Å²) in [4.78, 5) is 38.8. The van der Waals surface area contributed by atoms with Crippen molar-refractivity contribution in [1.29, 1.82) is 0 Å². The SMILES string of the molecule is O=C(ON1C(=O)CCC1=O)c1cccc(OC(F)(F)F)c1. The summed E-state index contributed by atoms with van der Waals surface area (Å²) < 4.78 is 39.9. The Morgan fingerprint density at radius 1 is 1.14 bits per heavy atom. The van der Waals surface area contributed by atoms with Crippen molar-refractivity contribution in [3.05, 3.63) is 29.8 Å². The lowest BCUT2D eigenvalue weighted by molar-refractivity contribution is -0.274. The van der Waals surface area contributed by atoms with Crippen molar-refractivity contribution >= 4 is 17.8 Å². The van der Waals surface area contributed by atoms with Crippen molar-refractivity contribution in [1.82, 2.24) is 5.06 Å². The Morgan fingerprint density at radius 2 is 1.76 bits per heavy atom. The summed E-state index contributed by atoms with van der Waals surface area (Å²) in [5.74, 6) is -3.12. The van der Waals surface area contributed by atoms with Gasteiger partial charge in [-0.15, -0.1) is 18.2 Å². The first-order valence-corrected chi connectivity index (χ1v) is 5.70. The summed E-state index contributed by atoms with van der Waals surface area (Å²) in [6.45, 7) is 0. The summed E-state index contributed by atoms with van der Waals surface area (Å²) >= 11 is 0. The minimum Gasteiger partial charge on any atom is -0.406 e. The minimum atomic E-state index is -4.90. The molecule has 6 nitrogen and oxygen atoms in total. The standard InChI is InChI=1S/C12H8F3NO5/c13-12(14,15)20-8-3-1-2-7(6-8)11(19)21-16-9(17)4-5-10(16)18/h1-3,6H,4-5H2. The number of nitrogens with zero attached hydrogens (tertiary/aromatic N) is 1. The topological polar surface area (TPSA) is 72.9 Å². The average molecular weight is 303 g/mol. The third-order valence-corrected chi connectivity index (χ3v) is 2.48. The van der Waals surface area contributed by atoms with E-state index in [9.17, 15) is 27.6 Å². The minimum absolute atomic E-state index is 0.0800. The number of hydroxylamine groups is 2. The van der Waals surface area contributed by atoms with E-state index in [2.05, 4.69) is 9.57 Å². The van der Waals surface area contributed by atoms with E-state index in [-0.39, 0.29) is 18.4 Å². The van der Waals surface area contributed by atoms with Gasteiger partial charge in [-0.3, -0.25) is 9.59 Å². The first kappa shape index (κ1) is 14.8. The highest BCUT2D eigenvalue weighted by Gasteiger charge is 2.34. The number of halogens is 3. The molecule has 0 aromatic heterocycles. The maximum atomic E-state index is 12.1. The van der Waals surface area contributed by atoms with Crippen molar-refractivity contribution in [2.45, 2.75) is 19.2 Å². The third-order valence-electron chi connectivity index (χ3n) is 2.48. The lowest BCUT2D eigenvalue weighted by atomic mass is 10.2. The molecule has 1 heterocycles. The second kappa shape index (κ2) is 5.43.